The van der Waals surface area contributed by atoms with Crippen molar-refractivity contribution in [2.75, 3.05) is 18.6 Å². The van der Waals surface area contributed by atoms with Gasteiger partial charge >= 0.3 is 5.69 Å². The SMILES string of the molecule is O=[N+]([O-])c1ccc(N/N=C2\COCCC=C(c3ccccc3)C2)c([N+](=O)[O-])c1. The Morgan fingerprint density at radius 1 is 1.04 bits per heavy atom. The predicted molar refractivity (Wildman–Crippen MR) is 105 cm³/mol. The Labute approximate surface area is 160 Å². The minimum atomic E-state index is -0.681. The molecule has 0 aliphatic carbocycles. The maximum atomic E-state index is 11.2. The average molecular weight is 382 g/mol. The van der Waals surface area contributed by atoms with Crippen LogP contribution in [0.3, 0.4) is 0 Å². The van der Waals surface area contributed by atoms with Gasteiger partial charge in [0.15, 0.2) is 0 Å². The van der Waals surface area contributed by atoms with Crippen LogP contribution in [0.2, 0.25) is 0 Å². The van der Waals surface area contributed by atoms with E-state index in [4.69, 9.17) is 4.74 Å². The van der Waals surface area contributed by atoms with Crippen LogP contribution in [0.1, 0.15) is 18.4 Å². The number of hydrogen-bond acceptors (Lipinski definition) is 7. The second-order valence-corrected chi connectivity index (χ2v) is 6.12. The number of nitro benzene ring substituents is 2. The second-order valence-electron chi connectivity index (χ2n) is 6.12. The van der Waals surface area contributed by atoms with Crippen LogP contribution in [-0.2, 0) is 4.74 Å². The Kier molecular flexibility index (Phi) is 6.07. The molecular weight excluding hydrogens is 364 g/mol. The standard InChI is InChI=1S/C19H18N4O5/c24-22(25)17-8-9-18(19(12-17)23(26)27)21-20-16-11-15(7-4-10-28-13-16)14-5-2-1-3-6-14/h1-3,5-9,12,21H,4,10-11,13H2/b15-7?,20-16-. The van der Waals surface area contributed by atoms with Crippen LogP contribution in [0.15, 0.2) is 59.7 Å². The summed E-state index contributed by atoms with van der Waals surface area (Å²) in [5.41, 5.74) is 4.83. The molecule has 1 aliphatic heterocycles. The number of nitrogens with one attached hydrogen (secondary N) is 1. The highest BCUT2D eigenvalue weighted by Crippen LogP contribution is 2.29. The van der Waals surface area contributed by atoms with Crippen LogP contribution in [0.5, 0.6) is 0 Å². The fraction of sp³-hybridized carbons (Fsp3) is 0.211. The summed E-state index contributed by atoms with van der Waals surface area (Å²) in [5.74, 6) is 0. The van der Waals surface area contributed by atoms with E-state index in [9.17, 15) is 20.2 Å². The molecule has 9 heteroatoms. The second kappa shape index (κ2) is 8.87. The van der Waals surface area contributed by atoms with E-state index < -0.39 is 15.5 Å². The van der Waals surface area contributed by atoms with Gasteiger partial charge in [0, 0.05) is 12.5 Å². The first kappa shape index (κ1) is 19.2. The van der Waals surface area contributed by atoms with Crippen molar-refractivity contribution in [3.05, 3.63) is 80.4 Å². The van der Waals surface area contributed by atoms with Gasteiger partial charge < -0.3 is 4.74 Å². The van der Waals surface area contributed by atoms with E-state index in [1.165, 1.54) is 12.1 Å². The van der Waals surface area contributed by atoms with Crippen molar-refractivity contribution in [3.8, 4) is 0 Å². The zero-order valence-electron chi connectivity index (χ0n) is 14.9. The van der Waals surface area contributed by atoms with Crippen molar-refractivity contribution >= 4 is 28.3 Å². The van der Waals surface area contributed by atoms with Crippen LogP contribution in [0.4, 0.5) is 17.1 Å². The summed E-state index contributed by atoms with van der Waals surface area (Å²) in [6, 6.07) is 13.3. The molecule has 0 saturated carbocycles. The maximum Gasteiger partial charge on any atom is 0.301 e. The Morgan fingerprint density at radius 3 is 2.54 bits per heavy atom. The number of allylic oxidation sites excluding steroid dienone is 1. The summed E-state index contributed by atoms with van der Waals surface area (Å²) in [5, 5.41) is 26.4. The van der Waals surface area contributed by atoms with Crippen molar-refractivity contribution in [1.82, 2.24) is 0 Å². The molecule has 2 aromatic rings. The lowest BCUT2D eigenvalue weighted by atomic mass is 9.98. The number of non-ortho nitro benzene ring substituents is 1. The van der Waals surface area contributed by atoms with E-state index in [-0.39, 0.29) is 18.0 Å². The summed E-state index contributed by atoms with van der Waals surface area (Å²) in [6.07, 6.45) is 3.41. The van der Waals surface area contributed by atoms with Gasteiger partial charge in [0.05, 0.1) is 34.8 Å². The fourth-order valence-electron chi connectivity index (χ4n) is 2.81. The minimum absolute atomic E-state index is 0.0791. The van der Waals surface area contributed by atoms with E-state index in [0.29, 0.717) is 18.7 Å². The molecule has 3 rings (SSSR count). The molecule has 2 aromatic carbocycles. The van der Waals surface area contributed by atoms with Crippen molar-refractivity contribution in [2.24, 2.45) is 5.10 Å². The summed E-state index contributed by atoms with van der Waals surface area (Å²) in [6.45, 7) is 0.838. The lowest BCUT2D eigenvalue weighted by Gasteiger charge is -2.15. The number of ether oxygens (including phenoxy) is 1. The third kappa shape index (κ3) is 4.77. The van der Waals surface area contributed by atoms with Gasteiger partial charge in [-0.2, -0.15) is 5.10 Å². The first-order valence-corrected chi connectivity index (χ1v) is 8.61. The van der Waals surface area contributed by atoms with E-state index >= 15 is 0 Å². The highest BCUT2D eigenvalue weighted by molar-refractivity contribution is 5.95. The third-order valence-electron chi connectivity index (χ3n) is 4.18. The fourth-order valence-corrected chi connectivity index (χ4v) is 2.81. The molecule has 0 radical (unpaired) electrons. The van der Waals surface area contributed by atoms with Gasteiger partial charge in [-0.3, -0.25) is 25.7 Å². The first-order valence-electron chi connectivity index (χ1n) is 8.61. The van der Waals surface area contributed by atoms with Crippen LogP contribution < -0.4 is 5.43 Å². The largest absolute Gasteiger partial charge is 0.375 e. The van der Waals surface area contributed by atoms with E-state index in [1.807, 2.05) is 30.3 Å². The predicted octanol–water partition coefficient (Wildman–Crippen LogP) is 4.16. The Bertz CT molecular complexity index is 941. The Balaban J connectivity index is 1.84. The van der Waals surface area contributed by atoms with Crippen molar-refractivity contribution in [2.45, 2.75) is 12.8 Å². The third-order valence-corrected chi connectivity index (χ3v) is 4.18. The van der Waals surface area contributed by atoms with E-state index in [2.05, 4.69) is 16.6 Å². The molecule has 0 bridgehead atoms. The molecule has 0 atom stereocenters. The summed E-state index contributed by atoms with van der Waals surface area (Å²) in [7, 11) is 0. The summed E-state index contributed by atoms with van der Waals surface area (Å²) < 4.78 is 5.55. The van der Waals surface area contributed by atoms with Gasteiger partial charge in [-0.05, 0) is 23.6 Å². The van der Waals surface area contributed by atoms with Gasteiger partial charge in [-0.15, -0.1) is 0 Å². The number of rotatable bonds is 5. The Morgan fingerprint density at radius 2 is 1.82 bits per heavy atom. The molecule has 0 saturated heterocycles. The molecule has 1 aliphatic rings. The molecule has 28 heavy (non-hydrogen) atoms. The topological polar surface area (TPSA) is 120 Å². The molecule has 0 unspecified atom stereocenters. The number of anilines is 1. The summed E-state index contributed by atoms with van der Waals surface area (Å²) in [4.78, 5) is 20.7. The van der Waals surface area contributed by atoms with Gasteiger partial charge in [0.2, 0.25) is 0 Å². The summed E-state index contributed by atoms with van der Waals surface area (Å²) >= 11 is 0. The lowest BCUT2D eigenvalue weighted by molar-refractivity contribution is -0.393. The quantitative estimate of drug-likeness (QED) is 0.612. The molecule has 9 nitrogen and oxygen atoms in total. The number of hydrogen-bond donors (Lipinski definition) is 1. The molecule has 144 valence electrons. The number of nitro groups is 2. The van der Waals surface area contributed by atoms with E-state index in [0.717, 1.165) is 23.6 Å². The number of benzene rings is 2. The monoisotopic (exact) mass is 382 g/mol. The molecule has 0 fully saturated rings. The lowest BCUT2D eigenvalue weighted by Crippen LogP contribution is -2.15. The van der Waals surface area contributed by atoms with Crippen molar-refractivity contribution in [1.29, 1.82) is 0 Å². The van der Waals surface area contributed by atoms with Crippen molar-refractivity contribution in [3.63, 3.8) is 0 Å². The highest BCUT2D eigenvalue weighted by atomic mass is 16.6. The molecular formula is C19H18N4O5. The van der Waals surface area contributed by atoms with E-state index in [1.54, 1.807) is 0 Å². The number of nitrogens with zero attached hydrogens (tertiary/aromatic N) is 3. The normalized spacial score (nSPS) is 16.0. The average Bonchev–Trinajstić information content (AvgIpc) is 2.67. The smallest absolute Gasteiger partial charge is 0.301 e. The highest BCUT2D eigenvalue weighted by Gasteiger charge is 2.19. The minimum Gasteiger partial charge on any atom is -0.375 e. The van der Waals surface area contributed by atoms with Crippen LogP contribution in [0, 0.1) is 20.2 Å². The van der Waals surface area contributed by atoms with Gasteiger partial charge in [-0.25, -0.2) is 0 Å². The van der Waals surface area contributed by atoms with Gasteiger partial charge in [-0.1, -0.05) is 36.4 Å². The molecule has 0 aromatic heterocycles. The molecule has 0 spiro atoms. The molecule has 1 N–H and O–H groups in total. The van der Waals surface area contributed by atoms with Crippen molar-refractivity contribution < 1.29 is 14.6 Å². The number of hydrazone groups is 1. The van der Waals surface area contributed by atoms with Gasteiger partial charge in [0.1, 0.15) is 5.69 Å². The zero-order valence-corrected chi connectivity index (χ0v) is 14.9. The molecule has 1 heterocycles. The van der Waals surface area contributed by atoms with Crippen LogP contribution in [-0.4, -0.2) is 28.8 Å². The van der Waals surface area contributed by atoms with Crippen LogP contribution in [0.25, 0.3) is 5.57 Å². The first-order chi connectivity index (χ1) is 13.5. The van der Waals surface area contributed by atoms with Gasteiger partial charge in [0.25, 0.3) is 5.69 Å². The maximum absolute atomic E-state index is 11.2. The Hall–Kier alpha value is -3.59. The molecule has 0 amide bonds. The zero-order chi connectivity index (χ0) is 19.9. The van der Waals surface area contributed by atoms with Crippen LogP contribution >= 0.6 is 0 Å².